The molecule has 0 heterocycles. The summed E-state index contributed by atoms with van der Waals surface area (Å²) in [7, 11) is 0. The van der Waals surface area contributed by atoms with E-state index in [0.29, 0.717) is 57.8 Å². The van der Waals surface area contributed by atoms with Crippen molar-refractivity contribution in [2.75, 3.05) is 0 Å². The van der Waals surface area contributed by atoms with Gasteiger partial charge in [-0.25, -0.2) is 19.2 Å². The molecule has 16 nitrogen and oxygen atoms in total. The Balaban J connectivity index is 0.000000258. The van der Waals surface area contributed by atoms with Crippen molar-refractivity contribution in [3.8, 4) is 0 Å². The van der Waals surface area contributed by atoms with E-state index >= 15 is 0 Å². The van der Waals surface area contributed by atoms with Crippen LogP contribution in [0.4, 0.5) is 0 Å². The number of hydrogen-bond acceptors (Lipinski definition) is 16. The van der Waals surface area contributed by atoms with Crippen molar-refractivity contribution < 1.29 is 76.3 Å². The Morgan fingerprint density at radius 3 is 1.07 bits per heavy atom. The molecule has 8 aromatic rings. The van der Waals surface area contributed by atoms with Gasteiger partial charge in [-0.15, -0.1) is 0 Å². The van der Waals surface area contributed by atoms with Gasteiger partial charge in [0.15, 0.2) is 0 Å². The Morgan fingerprint density at radius 2 is 0.694 bits per heavy atom. The fourth-order valence-electron chi connectivity index (χ4n) is 18.6. The molecule has 147 heavy (non-hydrogen) atoms. The van der Waals surface area contributed by atoms with Crippen LogP contribution in [0.15, 0.2) is 200 Å². The van der Waals surface area contributed by atoms with Crippen LogP contribution in [-0.2, 0) is 63.5 Å². The molecule has 0 bridgehead atoms. The lowest BCUT2D eigenvalue weighted by Crippen LogP contribution is -2.37. The smallest absolute Gasteiger partial charge is 0.338 e. The Kier molecular flexibility index (Phi) is 53.5. The van der Waals surface area contributed by atoms with Crippen molar-refractivity contribution in [3.63, 3.8) is 0 Å². The first-order chi connectivity index (χ1) is 69.8. The lowest BCUT2D eigenvalue weighted by Gasteiger charge is -2.36. The standard InChI is InChI=1S/C21H30O2.C19H28O2.C18H26O2.C17H24O2.C15H22O2.2C14H20O2.C13H18O2/c1-14-12-17-13-16(10-11-19(17)15(14)2)20(22)23-21(3,4)18-8-6-5-7-9-18;1-4-15(3)16-10-9-11-17(14-16)18(20)21-19(5-2)12-7-6-8-13-19;1-4-14(2)15-9-8-10-16(13-15)17(19)20-18(3)11-6-5-7-12-18;1-4-13(2)14-8-7-9-15(12-14)16(18)19-17(3)10-5-6-11-17;1-5-12(4)15(16)17-14(6-2)13-9-7-11(3)8-10-13;1-5-11(3)14(15)16-12(4)13-8-6-10(2)7-9-13;1-5-14(3,4)13(15)16-11(2)12-9-7-6-8-10-12;1-4-10(2)13(14)15-11(3)12-8-6-5-7-9-12/h10-11,13-15,18H,5-9,12H2,1-4H3;9-11,14-15H,4-8,12-13H2,1-3H3;8-10,13-14H,4-7,11-12H2,1-3H3;7-9,12-13H,4-6,10-11H2,1-3H3;7-10,12,14H,5-6H2,1-4H3;6-9,11-12H,5H2,1-4H3;6-11H,5H2,1-4H3;5-11H,4H2,1-3H3. The van der Waals surface area contributed by atoms with E-state index in [0.717, 1.165) is 151 Å². The van der Waals surface area contributed by atoms with Gasteiger partial charge < -0.3 is 37.9 Å². The fraction of sp³-hybridized carbons (Fsp3) is 0.573. The molecule has 808 valence electrons. The number of esters is 8. The van der Waals surface area contributed by atoms with Crippen molar-refractivity contribution in [2.24, 2.45) is 35.0 Å². The van der Waals surface area contributed by atoms with Gasteiger partial charge in [-0.05, 0) is 364 Å². The van der Waals surface area contributed by atoms with Crippen molar-refractivity contribution in [3.05, 3.63) is 284 Å². The zero-order valence-corrected chi connectivity index (χ0v) is 95.6. The van der Waals surface area contributed by atoms with E-state index in [9.17, 15) is 38.4 Å². The van der Waals surface area contributed by atoms with E-state index < -0.39 is 5.41 Å². The molecule has 5 aliphatic carbocycles. The summed E-state index contributed by atoms with van der Waals surface area (Å²) in [5.74, 6) is 2.02. The predicted molar refractivity (Wildman–Crippen MR) is 600 cm³/mol. The monoisotopic (exact) mass is 2020 g/mol. The highest BCUT2D eigenvalue weighted by Gasteiger charge is 2.39. The van der Waals surface area contributed by atoms with Crippen LogP contribution >= 0.6 is 0 Å². The van der Waals surface area contributed by atoms with Gasteiger partial charge in [-0.3, -0.25) is 19.2 Å². The Hall–Kier alpha value is -10.5. The molecule has 0 aromatic heterocycles. The van der Waals surface area contributed by atoms with Gasteiger partial charge in [-0.1, -0.05) is 313 Å². The maximum absolute atomic E-state index is 12.6. The lowest BCUT2D eigenvalue weighted by molar-refractivity contribution is -0.159. The molecule has 13 rings (SSSR count). The Morgan fingerprint density at radius 1 is 0.347 bits per heavy atom. The minimum atomic E-state index is -0.400. The second kappa shape index (κ2) is 62.9. The maximum Gasteiger partial charge on any atom is 0.338 e. The van der Waals surface area contributed by atoms with Crippen LogP contribution in [-0.4, -0.2) is 70.2 Å². The number of carbonyl (C=O) groups excluding carboxylic acids is 8. The first-order valence-electron chi connectivity index (χ1n) is 56.2. The summed E-state index contributed by atoms with van der Waals surface area (Å²) in [6, 6.07) is 65.7. The quantitative estimate of drug-likeness (QED) is 0.0276. The lowest BCUT2D eigenvalue weighted by atomic mass is 9.79. The van der Waals surface area contributed by atoms with Crippen LogP contribution in [0.1, 0.15) is 511 Å². The normalized spacial score (nSPS) is 17.9. The number of aryl methyl sites for hydroxylation is 2. The van der Waals surface area contributed by atoms with Crippen LogP contribution in [0.2, 0.25) is 0 Å². The third-order valence-corrected chi connectivity index (χ3v) is 31.6. The summed E-state index contributed by atoms with van der Waals surface area (Å²) >= 11 is 0. The first kappa shape index (κ1) is 125. The van der Waals surface area contributed by atoms with Crippen LogP contribution in [0.5, 0.6) is 0 Å². The SMILES string of the molecule is CC1Cc2cc(C(=O)OC(C)(C)C3CCCCC3)ccc2C1C.CCC(C)(C)C(=O)OC(C)c1ccccc1.CCC(C)C(=O)OC(C)c1ccc(C)cc1.CCC(C)C(=O)OC(C)c1ccccc1.CCC(C)C(=O)OC(CC)c1ccc(C)cc1.CCC(C)c1cccc(C(=O)OC2(C)CCCC2)c1.CCC(C)c1cccc(C(=O)OC2(C)CCCCC2)c1.CCC(C)c1cccc(C(=O)OC2(CC)CCCCC2)c1. The fourth-order valence-corrected chi connectivity index (χ4v) is 18.6. The van der Waals surface area contributed by atoms with Gasteiger partial charge >= 0.3 is 47.8 Å². The molecule has 0 radical (unpaired) electrons. The summed E-state index contributed by atoms with van der Waals surface area (Å²) < 4.78 is 45.1. The van der Waals surface area contributed by atoms with Crippen LogP contribution < -0.4 is 0 Å². The van der Waals surface area contributed by atoms with E-state index in [-0.39, 0.29) is 112 Å². The zero-order chi connectivity index (χ0) is 109. The maximum atomic E-state index is 12.6. The molecular weight excluding hydrogens is 1830 g/mol. The van der Waals surface area contributed by atoms with Crippen molar-refractivity contribution in [1.29, 1.82) is 0 Å². The van der Waals surface area contributed by atoms with E-state index in [1.807, 2.05) is 255 Å². The summed E-state index contributed by atoms with van der Waals surface area (Å²) in [6.07, 6.45) is 30.4. The molecule has 5 aliphatic rings. The van der Waals surface area contributed by atoms with Crippen molar-refractivity contribution >= 4 is 47.8 Å². The van der Waals surface area contributed by atoms with Crippen LogP contribution in [0, 0.1) is 48.9 Å². The first-order valence-corrected chi connectivity index (χ1v) is 56.2. The number of rotatable bonds is 33. The highest BCUT2D eigenvalue weighted by atomic mass is 16.6. The zero-order valence-electron chi connectivity index (χ0n) is 95.6. The van der Waals surface area contributed by atoms with Gasteiger partial charge in [0.05, 0.1) is 45.4 Å². The number of ether oxygens (including phenoxy) is 8. The molecule has 4 fully saturated rings. The van der Waals surface area contributed by atoms with Gasteiger partial charge in [0.1, 0.15) is 46.8 Å². The predicted octanol–water partition coefficient (Wildman–Crippen LogP) is 35.5. The average molecular weight is 2020 g/mol. The summed E-state index contributed by atoms with van der Waals surface area (Å²) in [4.78, 5) is 96.5. The van der Waals surface area contributed by atoms with Crippen molar-refractivity contribution in [2.45, 2.75) is 451 Å². The van der Waals surface area contributed by atoms with Gasteiger partial charge in [0, 0.05) is 0 Å². The van der Waals surface area contributed by atoms with Crippen molar-refractivity contribution in [1.82, 2.24) is 0 Å². The molecule has 0 amide bonds. The molecule has 0 saturated heterocycles. The molecule has 12 unspecified atom stereocenters. The Bertz CT molecular complexity index is 5240. The Labute approximate surface area is 887 Å². The topological polar surface area (TPSA) is 210 Å². The highest BCUT2D eigenvalue weighted by molar-refractivity contribution is 5.92. The summed E-state index contributed by atoms with van der Waals surface area (Å²) in [5, 5.41) is 0. The molecule has 8 aromatic carbocycles. The van der Waals surface area contributed by atoms with E-state index in [1.165, 1.54) is 96.7 Å². The third kappa shape index (κ3) is 41.4. The molecule has 0 spiro atoms. The minimum Gasteiger partial charge on any atom is -0.458 e. The van der Waals surface area contributed by atoms with E-state index in [4.69, 9.17) is 37.9 Å². The third-order valence-electron chi connectivity index (χ3n) is 31.6. The second-order valence-electron chi connectivity index (χ2n) is 44.3. The summed E-state index contributed by atoms with van der Waals surface area (Å²) in [5.41, 5.74) is 14.3. The largest absolute Gasteiger partial charge is 0.458 e. The second-order valence-corrected chi connectivity index (χ2v) is 44.3. The molecular formula is C131H188O16. The number of hydrogen-bond donors (Lipinski definition) is 0. The van der Waals surface area contributed by atoms with Crippen LogP contribution in [0.25, 0.3) is 0 Å². The molecule has 0 N–H and O–H groups in total. The van der Waals surface area contributed by atoms with E-state index in [2.05, 4.69) is 139 Å². The van der Waals surface area contributed by atoms with Gasteiger partial charge in [-0.2, -0.15) is 0 Å². The average Bonchev–Trinajstić information content (AvgIpc) is 1.65. The minimum absolute atomic E-state index is 0.0174. The number of benzene rings is 8. The number of carbonyl (C=O) groups is 8. The number of fused-ring (bicyclic) bond motifs is 1. The van der Waals surface area contributed by atoms with Gasteiger partial charge in [0.2, 0.25) is 0 Å². The molecule has 4 saturated carbocycles. The molecule has 0 aliphatic heterocycles. The summed E-state index contributed by atoms with van der Waals surface area (Å²) in [6.45, 7) is 57.4. The molecule has 12 atom stereocenters. The van der Waals surface area contributed by atoms with Crippen LogP contribution in [0.3, 0.4) is 0 Å². The molecule has 16 heteroatoms. The van der Waals surface area contributed by atoms with E-state index in [1.54, 1.807) is 0 Å². The van der Waals surface area contributed by atoms with Gasteiger partial charge in [0.25, 0.3) is 0 Å². The highest BCUT2D eigenvalue weighted by Crippen LogP contribution is 2.42.